The van der Waals surface area contributed by atoms with Gasteiger partial charge in [-0.15, -0.1) is 0 Å². The summed E-state index contributed by atoms with van der Waals surface area (Å²) >= 11 is 0. The molecule has 0 aromatic heterocycles. The summed E-state index contributed by atoms with van der Waals surface area (Å²) in [4.78, 5) is 37.0. The second-order valence-corrected chi connectivity index (χ2v) is 6.15. The summed E-state index contributed by atoms with van der Waals surface area (Å²) in [6.45, 7) is 4.88. The van der Waals surface area contributed by atoms with Crippen LogP contribution in [0.3, 0.4) is 0 Å². The zero-order valence-electron chi connectivity index (χ0n) is 15.8. The van der Waals surface area contributed by atoms with Crippen molar-refractivity contribution in [3.05, 3.63) is 23.8 Å². The fourth-order valence-corrected chi connectivity index (χ4v) is 2.86. The van der Waals surface area contributed by atoms with Gasteiger partial charge in [0.2, 0.25) is 0 Å². The van der Waals surface area contributed by atoms with Crippen LogP contribution in [0.25, 0.3) is 0 Å². The molecule has 27 heavy (non-hydrogen) atoms. The molecule has 0 saturated carbocycles. The van der Waals surface area contributed by atoms with Crippen molar-refractivity contribution in [3.8, 4) is 0 Å². The molecule has 1 aromatic carbocycles. The van der Waals surface area contributed by atoms with Gasteiger partial charge >= 0.3 is 18.2 Å². The summed E-state index contributed by atoms with van der Waals surface area (Å²) < 4.78 is 9.57. The van der Waals surface area contributed by atoms with E-state index in [-0.39, 0.29) is 24.8 Å². The van der Waals surface area contributed by atoms with Crippen molar-refractivity contribution in [1.29, 1.82) is 0 Å². The number of likely N-dealkylation sites (tertiary alicyclic amines) is 1. The van der Waals surface area contributed by atoms with Gasteiger partial charge in [0, 0.05) is 30.5 Å². The maximum absolute atomic E-state index is 12.3. The van der Waals surface area contributed by atoms with Gasteiger partial charge < -0.3 is 25.0 Å². The lowest BCUT2D eigenvalue weighted by Crippen LogP contribution is -2.47. The van der Waals surface area contributed by atoms with Gasteiger partial charge in [0.25, 0.3) is 0 Å². The molecule has 0 aliphatic carbocycles. The quantitative estimate of drug-likeness (QED) is 0.746. The minimum Gasteiger partial charge on any atom is -0.453 e. The molecule has 1 aliphatic rings. The summed E-state index contributed by atoms with van der Waals surface area (Å²) in [6.07, 6.45) is 0.428. The molecule has 1 aromatic rings. The lowest BCUT2D eigenvalue weighted by Gasteiger charge is -2.31. The monoisotopic (exact) mass is 378 g/mol. The molecule has 1 aliphatic heterocycles. The van der Waals surface area contributed by atoms with E-state index in [0.29, 0.717) is 37.3 Å². The van der Waals surface area contributed by atoms with Crippen LogP contribution in [-0.4, -0.2) is 56.0 Å². The number of methoxy groups -OCH3 is 1. The first-order chi connectivity index (χ1) is 12.9. The fourth-order valence-electron chi connectivity index (χ4n) is 2.86. The zero-order chi connectivity index (χ0) is 19.8. The number of anilines is 2. The lowest BCUT2D eigenvalue weighted by molar-refractivity contribution is 0.110. The number of nitrogens with zero attached hydrogens (tertiary/aromatic N) is 1. The highest BCUT2D eigenvalue weighted by molar-refractivity contribution is 5.93. The second kappa shape index (κ2) is 9.65. The van der Waals surface area contributed by atoms with Gasteiger partial charge in [-0.05, 0) is 44.4 Å². The zero-order valence-corrected chi connectivity index (χ0v) is 15.8. The molecule has 0 unspecified atom stereocenters. The van der Waals surface area contributed by atoms with Crippen molar-refractivity contribution in [1.82, 2.24) is 10.2 Å². The van der Waals surface area contributed by atoms with Gasteiger partial charge in [0.1, 0.15) is 0 Å². The van der Waals surface area contributed by atoms with Gasteiger partial charge in [-0.25, -0.2) is 14.4 Å². The summed E-state index contributed by atoms with van der Waals surface area (Å²) in [5.74, 6) is 0. The standard InChI is InChI=1S/C18H26N4O5/c1-4-27-17(24)21-15-7-5-6-14(12(15)2)20-16(23)19-13-8-10-22(11-9-13)18(25)26-3/h5-7,13H,4,8-11H2,1-3H3,(H,21,24)(H2,19,20,23). The van der Waals surface area contributed by atoms with E-state index in [9.17, 15) is 14.4 Å². The third-order valence-electron chi connectivity index (χ3n) is 4.36. The number of rotatable bonds is 4. The van der Waals surface area contributed by atoms with E-state index in [1.807, 2.05) is 0 Å². The van der Waals surface area contributed by atoms with Crippen LogP contribution in [0.2, 0.25) is 0 Å². The highest BCUT2D eigenvalue weighted by Crippen LogP contribution is 2.23. The predicted octanol–water partition coefficient (Wildman–Crippen LogP) is 2.92. The maximum atomic E-state index is 12.3. The van der Waals surface area contributed by atoms with Crippen LogP contribution in [-0.2, 0) is 9.47 Å². The van der Waals surface area contributed by atoms with E-state index in [1.54, 1.807) is 36.9 Å². The van der Waals surface area contributed by atoms with Gasteiger partial charge in [-0.1, -0.05) is 6.07 Å². The molecule has 1 saturated heterocycles. The van der Waals surface area contributed by atoms with Gasteiger partial charge in [-0.3, -0.25) is 5.32 Å². The summed E-state index contributed by atoms with van der Waals surface area (Å²) in [7, 11) is 1.35. The Bertz CT molecular complexity index is 686. The number of hydrogen-bond donors (Lipinski definition) is 3. The second-order valence-electron chi connectivity index (χ2n) is 6.15. The third-order valence-corrected chi connectivity index (χ3v) is 4.36. The number of nitrogens with one attached hydrogen (secondary N) is 3. The summed E-state index contributed by atoms with van der Waals surface area (Å²) in [5.41, 5.74) is 1.88. The first kappa shape index (κ1) is 20.3. The maximum Gasteiger partial charge on any atom is 0.411 e. The molecule has 2 rings (SSSR count). The molecule has 0 atom stereocenters. The van der Waals surface area contributed by atoms with Gasteiger partial charge in [-0.2, -0.15) is 0 Å². The van der Waals surface area contributed by atoms with Crippen LogP contribution in [0.5, 0.6) is 0 Å². The molecule has 148 valence electrons. The number of ether oxygens (including phenoxy) is 2. The van der Waals surface area contributed by atoms with E-state index < -0.39 is 6.09 Å². The Hall–Kier alpha value is -2.97. The molecule has 0 spiro atoms. The first-order valence-corrected chi connectivity index (χ1v) is 8.88. The van der Waals surface area contributed by atoms with Crippen molar-refractivity contribution in [2.24, 2.45) is 0 Å². The van der Waals surface area contributed by atoms with E-state index in [2.05, 4.69) is 16.0 Å². The Morgan fingerprint density at radius 2 is 1.78 bits per heavy atom. The molecule has 4 amide bonds. The topological polar surface area (TPSA) is 109 Å². The van der Waals surface area contributed by atoms with Crippen LogP contribution in [0.1, 0.15) is 25.3 Å². The number of piperidine rings is 1. The molecule has 9 heteroatoms. The smallest absolute Gasteiger partial charge is 0.411 e. The number of urea groups is 1. The predicted molar refractivity (Wildman–Crippen MR) is 101 cm³/mol. The molecular formula is C18H26N4O5. The van der Waals surface area contributed by atoms with E-state index in [4.69, 9.17) is 9.47 Å². The first-order valence-electron chi connectivity index (χ1n) is 8.88. The average molecular weight is 378 g/mol. The SMILES string of the molecule is CCOC(=O)Nc1cccc(NC(=O)NC2CCN(C(=O)OC)CC2)c1C. The summed E-state index contributed by atoms with van der Waals surface area (Å²) in [5, 5.41) is 8.36. The van der Waals surface area contributed by atoms with E-state index in [0.717, 1.165) is 5.56 Å². The van der Waals surface area contributed by atoms with Crippen molar-refractivity contribution in [2.45, 2.75) is 32.7 Å². The van der Waals surface area contributed by atoms with Crippen LogP contribution >= 0.6 is 0 Å². The minimum absolute atomic E-state index is 0.0212. The van der Waals surface area contributed by atoms with Crippen LogP contribution in [0.4, 0.5) is 25.8 Å². The van der Waals surface area contributed by atoms with Crippen molar-refractivity contribution in [2.75, 3.05) is 37.4 Å². The van der Waals surface area contributed by atoms with Crippen molar-refractivity contribution in [3.63, 3.8) is 0 Å². The number of carbonyl (C=O) groups excluding carboxylic acids is 3. The Morgan fingerprint density at radius 1 is 1.15 bits per heavy atom. The number of benzene rings is 1. The number of hydrogen-bond acceptors (Lipinski definition) is 5. The molecule has 1 heterocycles. The largest absolute Gasteiger partial charge is 0.453 e. The fraction of sp³-hybridized carbons (Fsp3) is 0.500. The number of carbonyl (C=O) groups is 3. The van der Waals surface area contributed by atoms with Crippen LogP contribution < -0.4 is 16.0 Å². The normalized spacial score (nSPS) is 14.3. The molecule has 1 fully saturated rings. The average Bonchev–Trinajstić information content (AvgIpc) is 2.65. The Labute approximate surface area is 158 Å². The highest BCUT2D eigenvalue weighted by atomic mass is 16.5. The third kappa shape index (κ3) is 5.77. The molecule has 9 nitrogen and oxygen atoms in total. The Balaban J connectivity index is 1.89. The minimum atomic E-state index is -0.542. The molecule has 3 N–H and O–H groups in total. The molecule has 0 bridgehead atoms. The van der Waals surface area contributed by atoms with E-state index >= 15 is 0 Å². The molecular weight excluding hydrogens is 352 g/mol. The van der Waals surface area contributed by atoms with Gasteiger partial charge in [0.05, 0.1) is 13.7 Å². The van der Waals surface area contributed by atoms with Gasteiger partial charge in [0.15, 0.2) is 0 Å². The van der Waals surface area contributed by atoms with Crippen molar-refractivity contribution >= 4 is 29.6 Å². The van der Waals surface area contributed by atoms with Crippen LogP contribution in [0, 0.1) is 6.92 Å². The van der Waals surface area contributed by atoms with Crippen LogP contribution in [0.15, 0.2) is 18.2 Å². The Kier molecular flexibility index (Phi) is 7.27. The lowest BCUT2D eigenvalue weighted by atomic mass is 10.1. The highest BCUT2D eigenvalue weighted by Gasteiger charge is 2.24. The van der Waals surface area contributed by atoms with Crippen molar-refractivity contribution < 1.29 is 23.9 Å². The Morgan fingerprint density at radius 3 is 2.37 bits per heavy atom. The van der Waals surface area contributed by atoms with E-state index in [1.165, 1.54) is 7.11 Å². The number of amides is 4. The summed E-state index contributed by atoms with van der Waals surface area (Å²) in [6, 6.07) is 4.87. The molecule has 0 radical (unpaired) electrons.